The summed E-state index contributed by atoms with van der Waals surface area (Å²) in [5.41, 5.74) is 0.696. The number of pyridine rings is 1. The number of hydrogen-bond donors (Lipinski definition) is 1. The predicted molar refractivity (Wildman–Crippen MR) is 65.7 cm³/mol. The molecule has 0 amide bonds. The van der Waals surface area contributed by atoms with Crippen molar-refractivity contribution in [3.05, 3.63) is 23.9 Å². The molecule has 2 atom stereocenters. The van der Waals surface area contributed by atoms with E-state index in [4.69, 9.17) is 5.26 Å². The second-order valence-corrected chi connectivity index (χ2v) is 4.82. The summed E-state index contributed by atoms with van der Waals surface area (Å²) in [6, 6.07) is 6.40. The second kappa shape index (κ2) is 4.34. The minimum Gasteiger partial charge on any atom is -0.352 e. The third kappa shape index (κ3) is 1.87. The van der Waals surface area contributed by atoms with E-state index in [-0.39, 0.29) is 0 Å². The van der Waals surface area contributed by atoms with E-state index >= 15 is 0 Å². The summed E-state index contributed by atoms with van der Waals surface area (Å²) >= 11 is 0. The number of nitriles is 1. The van der Waals surface area contributed by atoms with E-state index in [0.717, 1.165) is 31.4 Å². The molecule has 0 radical (unpaired) electrons. The molecular weight excluding hydrogens is 212 g/mol. The highest BCUT2D eigenvalue weighted by atomic mass is 15.3. The maximum absolute atomic E-state index is 8.93. The van der Waals surface area contributed by atoms with Gasteiger partial charge in [0, 0.05) is 25.3 Å². The van der Waals surface area contributed by atoms with Gasteiger partial charge in [-0.2, -0.15) is 5.26 Å². The van der Waals surface area contributed by atoms with Crippen LogP contribution in [0.3, 0.4) is 0 Å². The molecule has 2 saturated heterocycles. The lowest BCUT2D eigenvalue weighted by Crippen LogP contribution is -2.46. The van der Waals surface area contributed by atoms with Crippen molar-refractivity contribution >= 4 is 5.82 Å². The first-order valence-corrected chi connectivity index (χ1v) is 6.22. The lowest BCUT2D eigenvalue weighted by Gasteiger charge is -2.32. The molecule has 88 valence electrons. The third-order valence-electron chi connectivity index (χ3n) is 3.90. The Morgan fingerprint density at radius 1 is 1.47 bits per heavy atom. The average molecular weight is 228 g/mol. The van der Waals surface area contributed by atoms with Crippen molar-refractivity contribution < 1.29 is 0 Å². The summed E-state index contributed by atoms with van der Waals surface area (Å²) < 4.78 is 0. The average Bonchev–Trinajstić information content (AvgIpc) is 2.82. The van der Waals surface area contributed by atoms with Gasteiger partial charge in [-0.05, 0) is 37.4 Å². The highest BCUT2D eigenvalue weighted by Crippen LogP contribution is 2.32. The van der Waals surface area contributed by atoms with Gasteiger partial charge in [-0.15, -0.1) is 0 Å². The molecule has 1 aromatic rings. The quantitative estimate of drug-likeness (QED) is 0.783. The first-order valence-electron chi connectivity index (χ1n) is 6.22. The summed E-state index contributed by atoms with van der Waals surface area (Å²) in [5.74, 6) is 1.75. The van der Waals surface area contributed by atoms with Gasteiger partial charge in [-0.3, -0.25) is 0 Å². The minimum atomic E-state index is 0.560. The number of rotatable bonds is 1. The van der Waals surface area contributed by atoms with Crippen molar-refractivity contribution in [3.63, 3.8) is 0 Å². The second-order valence-electron chi connectivity index (χ2n) is 4.82. The molecule has 1 aromatic heterocycles. The SMILES string of the molecule is N#Cc1ccnc(N2CC[C@H]3CCNC[C@H]32)c1. The molecule has 0 saturated carbocycles. The number of nitrogens with one attached hydrogen (secondary N) is 1. The smallest absolute Gasteiger partial charge is 0.130 e. The molecule has 3 rings (SSSR count). The van der Waals surface area contributed by atoms with Crippen LogP contribution in [0.5, 0.6) is 0 Å². The molecule has 0 unspecified atom stereocenters. The van der Waals surface area contributed by atoms with Crippen LogP contribution in [-0.4, -0.2) is 30.7 Å². The van der Waals surface area contributed by atoms with Gasteiger partial charge in [0.15, 0.2) is 0 Å². The fraction of sp³-hybridized carbons (Fsp3) is 0.538. The summed E-state index contributed by atoms with van der Waals surface area (Å²) in [6.07, 6.45) is 4.25. The van der Waals surface area contributed by atoms with Gasteiger partial charge in [0.1, 0.15) is 5.82 Å². The molecule has 4 nitrogen and oxygen atoms in total. The molecule has 17 heavy (non-hydrogen) atoms. The predicted octanol–water partition coefficient (Wildman–Crippen LogP) is 1.14. The number of piperidine rings is 1. The maximum atomic E-state index is 8.93. The molecule has 2 aliphatic rings. The highest BCUT2D eigenvalue weighted by molar-refractivity contribution is 5.47. The largest absolute Gasteiger partial charge is 0.352 e. The Kier molecular flexibility index (Phi) is 2.69. The lowest BCUT2D eigenvalue weighted by molar-refractivity contribution is 0.358. The van der Waals surface area contributed by atoms with Gasteiger partial charge in [-0.25, -0.2) is 4.98 Å². The molecule has 0 aliphatic carbocycles. The number of aromatic nitrogens is 1. The van der Waals surface area contributed by atoms with Gasteiger partial charge in [0.25, 0.3) is 0 Å². The summed E-state index contributed by atoms with van der Waals surface area (Å²) in [4.78, 5) is 6.77. The Balaban J connectivity index is 1.86. The zero-order valence-electron chi connectivity index (χ0n) is 9.76. The number of hydrogen-bond acceptors (Lipinski definition) is 4. The van der Waals surface area contributed by atoms with Crippen LogP contribution in [0.4, 0.5) is 5.82 Å². The Morgan fingerprint density at radius 2 is 2.41 bits per heavy atom. The van der Waals surface area contributed by atoms with Crippen LogP contribution in [0.25, 0.3) is 0 Å². The molecule has 2 fully saturated rings. The maximum Gasteiger partial charge on any atom is 0.130 e. The van der Waals surface area contributed by atoms with E-state index in [0.29, 0.717) is 11.6 Å². The summed E-state index contributed by atoms with van der Waals surface area (Å²) in [6.45, 7) is 3.25. The Bertz CT molecular complexity index is 451. The molecule has 0 aromatic carbocycles. The normalized spacial score (nSPS) is 27.6. The van der Waals surface area contributed by atoms with Crippen molar-refractivity contribution in [2.45, 2.75) is 18.9 Å². The van der Waals surface area contributed by atoms with Crippen LogP contribution in [0.15, 0.2) is 18.3 Å². The standard InChI is InChI=1S/C13H16N4/c14-8-10-1-5-16-13(7-10)17-6-3-11-2-4-15-9-12(11)17/h1,5,7,11-12,15H,2-4,6,9H2/t11-,12-/m1/s1. The van der Waals surface area contributed by atoms with Crippen molar-refractivity contribution in [2.75, 3.05) is 24.5 Å². The van der Waals surface area contributed by atoms with Crippen molar-refractivity contribution in [3.8, 4) is 6.07 Å². The Morgan fingerprint density at radius 3 is 3.29 bits per heavy atom. The Labute approximate surface area is 101 Å². The molecule has 4 heteroatoms. The van der Waals surface area contributed by atoms with Gasteiger partial charge in [0.2, 0.25) is 0 Å². The zero-order chi connectivity index (χ0) is 11.7. The van der Waals surface area contributed by atoms with Crippen LogP contribution in [0.1, 0.15) is 18.4 Å². The summed E-state index contributed by atoms with van der Waals surface area (Å²) in [7, 11) is 0. The fourth-order valence-electron chi connectivity index (χ4n) is 3.00. The topological polar surface area (TPSA) is 52.0 Å². The molecule has 1 N–H and O–H groups in total. The zero-order valence-corrected chi connectivity index (χ0v) is 9.76. The van der Waals surface area contributed by atoms with Crippen LogP contribution in [0, 0.1) is 17.2 Å². The number of fused-ring (bicyclic) bond motifs is 1. The van der Waals surface area contributed by atoms with Crippen LogP contribution >= 0.6 is 0 Å². The first kappa shape index (κ1) is 10.5. The van der Waals surface area contributed by atoms with E-state index in [1.807, 2.05) is 6.07 Å². The molecular formula is C13H16N4. The van der Waals surface area contributed by atoms with Crippen LogP contribution in [-0.2, 0) is 0 Å². The fourth-order valence-corrected chi connectivity index (χ4v) is 3.00. The minimum absolute atomic E-state index is 0.560. The number of nitrogens with zero attached hydrogens (tertiary/aromatic N) is 3. The third-order valence-corrected chi connectivity index (χ3v) is 3.90. The van der Waals surface area contributed by atoms with E-state index in [2.05, 4.69) is 21.3 Å². The van der Waals surface area contributed by atoms with Gasteiger partial charge in [-0.1, -0.05) is 0 Å². The van der Waals surface area contributed by atoms with Crippen molar-refractivity contribution in [2.24, 2.45) is 5.92 Å². The molecule has 3 heterocycles. The molecule has 0 spiro atoms. The highest BCUT2D eigenvalue weighted by Gasteiger charge is 2.36. The Hall–Kier alpha value is -1.60. The van der Waals surface area contributed by atoms with E-state index in [9.17, 15) is 0 Å². The van der Waals surface area contributed by atoms with Crippen LogP contribution < -0.4 is 10.2 Å². The van der Waals surface area contributed by atoms with E-state index < -0.39 is 0 Å². The molecule has 2 aliphatic heterocycles. The van der Waals surface area contributed by atoms with Gasteiger partial charge in [0.05, 0.1) is 11.6 Å². The van der Waals surface area contributed by atoms with Crippen molar-refractivity contribution in [1.29, 1.82) is 5.26 Å². The number of anilines is 1. The van der Waals surface area contributed by atoms with Gasteiger partial charge >= 0.3 is 0 Å². The van der Waals surface area contributed by atoms with E-state index in [1.165, 1.54) is 12.8 Å². The van der Waals surface area contributed by atoms with Crippen LogP contribution in [0.2, 0.25) is 0 Å². The van der Waals surface area contributed by atoms with Crippen molar-refractivity contribution in [1.82, 2.24) is 10.3 Å². The monoisotopic (exact) mass is 228 g/mol. The van der Waals surface area contributed by atoms with E-state index in [1.54, 1.807) is 12.3 Å². The first-order chi connectivity index (χ1) is 8.38. The summed E-state index contributed by atoms with van der Waals surface area (Å²) in [5, 5.41) is 12.4. The lowest BCUT2D eigenvalue weighted by atomic mass is 9.93. The molecule has 0 bridgehead atoms. The van der Waals surface area contributed by atoms with Gasteiger partial charge < -0.3 is 10.2 Å².